The van der Waals surface area contributed by atoms with Crippen molar-refractivity contribution in [3.05, 3.63) is 16.4 Å². The summed E-state index contributed by atoms with van der Waals surface area (Å²) >= 11 is 5.12. The first-order valence-electron chi connectivity index (χ1n) is 4.06. The molecule has 0 saturated carbocycles. The van der Waals surface area contributed by atoms with E-state index in [9.17, 15) is 0 Å². The van der Waals surface area contributed by atoms with Crippen LogP contribution >= 0.6 is 12.2 Å². The largest absolute Gasteiger partial charge is 0.302 e. The van der Waals surface area contributed by atoms with Crippen molar-refractivity contribution in [1.82, 2.24) is 9.78 Å². The number of nitrogens with zero attached hydrogens (tertiary/aromatic N) is 1. The molecule has 0 radical (unpaired) electrons. The van der Waals surface area contributed by atoms with Crippen molar-refractivity contribution in [3.63, 3.8) is 0 Å². The summed E-state index contributed by atoms with van der Waals surface area (Å²) in [6.07, 6.45) is 2.26. The summed E-state index contributed by atoms with van der Waals surface area (Å²) in [7, 11) is 0. The molecular formula is C8H14N2S. The van der Waals surface area contributed by atoms with Gasteiger partial charge in [-0.3, -0.25) is 4.68 Å². The fraction of sp³-hybridized carbons (Fsp3) is 0.625. The van der Waals surface area contributed by atoms with Gasteiger partial charge in [0.05, 0.1) is 0 Å². The van der Waals surface area contributed by atoms with Gasteiger partial charge in [0.1, 0.15) is 4.64 Å². The summed E-state index contributed by atoms with van der Waals surface area (Å²) in [6.45, 7) is 5.19. The number of hydrogen-bond acceptors (Lipinski definition) is 1. The van der Waals surface area contributed by atoms with E-state index in [1.807, 2.05) is 10.7 Å². The molecule has 2 nitrogen and oxygen atoms in total. The highest BCUT2D eigenvalue weighted by molar-refractivity contribution is 7.71. The molecule has 0 aromatic carbocycles. The number of rotatable bonds is 3. The molecule has 0 amide bonds. The standard InChI is InChI=1S/C8H14N2S/c1-3-5-7-6-8(11)10(4-2)9-7/h6,9H,3-5H2,1-2H3. The Kier molecular flexibility index (Phi) is 2.88. The van der Waals surface area contributed by atoms with Crippen molar-refractivity contribution in [3.8, 4) is 0 Å². The van der Waals surface area contributed by atoms with E-state index in [4.69, 9.17) is 12.2 Å². The normalized spacial score (nSPS) is 10.4. The van der Waals surface area contributed by atoms with Gasteiger partial charge in [0.15, 0.2) is 0 Å². The highest BCUT2D eigenvalue weighted by Crippen LogP contribution is 2.01. The Balaban J connectivity index is 2.86. The van der Waals surface area contributed by atoms with Crippen molar-refractivity contribution in [2.45, 2.75) is 33.2 Å². The minimum absolute atomic E-state index is 0.913. The molecule has 0 spiro atoms. The fourth-order valence-corrected chi connectivity index (χ4v) is 1.44. The van der Waals surface area contributed by atoms with Crippen molar-refractivity contribution in [2.24, 2.45) is 0 Å². The van der Waals surface area contributed by atoms with E-state index >= 15 is 0 Å². The van der Waals surface area contributed by atoms with Crippen LogP contribution in [-0.4, -0.2) is 9.78 Å². The van der Waals surface area contributed by atoms with Gasteiger partial charge < -0.3 is 5.10 Å². The van der Waals surface area contributed by atoms with Gasteiger partial charge in [-0.25, -0.2) is 0 Å². The van der Waals surface area contributed by atoms with Crippen LogP contribution in [0.2, 0.25) is 0 Å². The molecule has 0 aliphatic heterocycles. The molecule has 0 bridgehead atoms. The second-order valence-corrected chi connectivity index (χ2v) is 3.03. The first kappa shape index (κ1) is 8.53. The lowest BCUT2D eigenvalue weighted by atomic mass is 10.3. The van der Waals surface area contributed by atoms with Crippen molar-refractivity contribution >= 4 is 12.2 Å². The molecule has 0 atom stereocenters. The van der Waals surface area contributed by atoms with Gasteiger partial charge >= 0.3 is 0 Å². The Hall–Kier alpha value is -0.570. The van der Waals surface area contributed by atoms with Crippen LogP contribution in [0.25, 0.3) is 0 Å². The third-order valence-corrected chi connectivity index (χ3v) is 2.02. The quantitative estimate of drug-likeness (QED) is 0.691. The smallest absolute Gasteiger partial charge is 0.122 e. The molecule has 0 fully saturated rings. The van der Waals surface area contributed by atoms with Gasteiger partial charge in [-0.05, 0) is 19.4 Å². The van der Waals surface area contributed by atoms with Gasteiger partial charge in [-0.2, -0.15) is 0 Å². The topological polar surface area (TPSA) is 20.7 Å². The molecule has 1 aromatic heterocycles. The van der Waals surface area contributed by atoms with E-state index in [2.05, 4.69) is 18.9 Å². The van der Waals surface area contributed by atoms with Crippen LogP contribution in [0.3, 0.4) is 0 Å². The molecule has 0 saturated heterocycles. The minimum atomic E-state index is 0.913. The lowest BCUT2D eigenvalue weighted by Crippen LogP contribution is -1.96. The van der Waals surface area contributed by atoms with E-state index in [-0.39, 0.29) is 0 Å². The average molecular weight is 170 g/mol. The molecule has 0 aliphatic carbocycles. The Bertz CT molecular complexity index is 272. The number of nitrogens with one attached hydrogen (secondary N) is 1. The highest BCUT2D eigenvalue weighted by Gasteiger charge is 1.95. The van der Waals surface area contributed by atoms with Crippen molar-refractivity contribution < 1.29 is 0 Å². The SMILES string of the molecule is CCCc1cc(=S)n(CC)[nH]1. The second kappa shape index (κ2) is 3.72. The van der Waals surface area contributed by atoms with E-state index in [1.54, 1.807) is 0 Å². The third kappa shape index (κ3) is 1.93. The number of H-pyrrole nitrogens is 1. The van der Waals surface area contributed by atoms with Gasteiger partial charge in [-0.1, -0.05) is 25.6 Å². The summed E-state index contributed by atoms with van der Waals surface area (Å²) in [6, 6.07) is 2.04. The lowest BCUT2D eigenvalue weighted by molar-refractivity contribution is 0.637. The van der Waals surface area contributed by atoms with E-state index in [1.165, 1.54) is 12.1 Å². The Morgan fingerprint density at radius 2 is 2.27 bits per heavy atom. The van der Waals surface area contributed by atoms with Gasteiger partial charge in [-0.15, -0.1) is 0 Å². The molecular weight excluding hydrogens is 156 g/mol. The number of aromatic nitrogens is 2. The van der Waals surface area contributed by atoms with Gasteiger partial charge in [0, 0.05) is 12.2 Å². The average Bonchev–Trinajstić information content (AvgIpc) is 2.32. The summed E-state index contributed by atoms with van der Waals surface area (Å²) in [4.78, 5) is 0. The Labute approximate surface area is 72.2 Å². The summed E-state index contributed by atoms with van der Waals surface area (Å²) < 4.78 is 2.90. The lowest BCUT2D eigenvalue weighted by Gasteiger charge is -1.95. The van der Waals surface area contributed by atoms with Crippen LogP contribution in [-0.2, 0) is 13.0 Å². The fourth-order valence-electron chi connectivity index (χ4n) is 1.12. The van der Waals surface area contributed by atoms with Gasteiger partial charge in [0.2, 0.25) is 0 Å². The number of aromatic amines is 1. The monoisotopic (exact) mass is 170 g/mol. The maximum atomic E-state index is 5.12. The second-order valence-electron chi connectivity index (χ2n) is 2.61. The van der Waals surface area contributed by atoms with E-state index in [0.29, 0.717) is 0 Å². The zero-order chi connectivity index (χ0) is 8.27. The van der Waals surface area contributed by atoms with Crippen LogP contribution in [0.15, 0.2) is 6.07 Å². The third-order valence-electron chi connectivity index (χ3n) is 1.68. The van der Waals surface area contributed by atoms with Crippen molar-refractivity contribution in [1.29, 1.82) is 0 Å². The van der Waals surface area contributed by atoms with Crippen LogP contribution < -0.4 is 0 Å². The summed E-state index contributed by atoms with van der Waals surface area (Å²) in [5.41, 5.74) is 1.25. The Morgan fingerprint density at radius 3 is 2.73 bits per heavy atom. The zero-order valence-corrected chi connectivity index (χ0v) is 7.87. The molecule has 0 aliphatic rings. The molecule has 0 unspecified atom stereocenters. The maximum absolute atomic E-state index is 5.12. The first-order chi connectivity index (χ1) is 5.27. The predicted octanol–water partition coefficient (Wildman–Crippen LogP) is 2.52. The Morgan fingerprint density at radius 1 is 1.55 bits per heavy atom. The predicted molar refractivity (Wildman–Crippen MR) is 49.3 cm³/mol. The summed E-state index contributed by atoms with van der Waals surface area (Å²) in [5.74, 6) is 0. The van der Waals surface area contributed by atoms with Gasteiger partial charge in [0.25, 0.3) is 0 Å². The van der Waals surface area contributed by atoms with Crippen LogP contribution in [0.4, 0.5) is 0 Å². The first-order valence-corrected chi connectivity index (χ1v) is 4.47. The van der Waals surface area contributed by atoms with Crippen molar-refractivity contribution in [2.75, 3.05) is 0 Å². The minimum Gasteiger partial charge on any atom is -0.302 e. The molecule has 3 heteroatoms. The number of hydrogen-bond donors (Lipinski definition) is 1. The summed E-state index contributed by atoms with van der Waals surface area (Å²) in [5, 5.41) is 3.24. The van der Waals surface area contributed by atoms with Crippen LogP contribution in [0, 0.1) is 4.64 Å². The molecule has 1 heterocycles. The molecule has 11 heavy (non-hydrogen) atoms. The zero-order valence-electron chi connectivity index (χ0n) is 7.05. The maximum Gasteiger partial charge on any atom is 0.122 e. The van der Waals surface area contributed by atoms with Crippen LogP contribution in [0.5, 0.6) is 0 Å². The molecule has 1 N–H and O–H groups in total. The molecule has 1 rings (SSSR count). The van der Waals surface area contributed by atoms with Crippen LogP contribution in [0.1, 0.15) is 26.0 Å². The number of aryl methyl sites for hydroxylation is 2. The molecule has 62 valence electrons. The van der Waals surface area contributed by atoms with E-state index in [0.717, 1.165) is 17.6 Å². The molecule has 1 aromatic rings. The highest BCUT2D eigenvalue weighted by atomic mass is 32.1. The van der Waals surface area contributed by atoms with E-state index < -0.39 is 0 Å².